The number of aromatic nitrogens is 5. The molecule has 3 aromatic heterocycles. The van der Waals surface area contributed by atoms with Crippen LogP contribution >= 0.6 is 12.2 Å². The summed E-state index contributed by atoms with van der Waals surface area (Å²) in [4.78, 5) is 19.5. The van der Waals surface area contributed by atoms with Gasteiger partial charge in [-0.25, -0.2) is 13.8 Å². The molecule has 3 heterocycles. The van der Waals surface area contributed by atoms with Crippen LogP contribution in [0.2, 0.25) is 0 Å². The number of aromatic amines is 1. The molecule has 0 aliphatic rings. The molecule has 0 saturated carbocycles. The molecule has 6 nitrogen and oxygen atoms in total. The van der Waals surface area contributed by atoms with Crippen molar-refractivity contribution in [3.8, 4) is 17.1 Å². The minimum absolute atomic E-state index is 0.0708. The number of hydrogen-bond acceptors (Lipinski definition) is 4. The van der Waals surface area contributed by atoms with Gasteiger partial charge >= 0.3 is 0 Å². The monoisotopic (exact) mass is 399 g/mol. The van der Waals surface area contributed by atoms with Crippen LogP contribution in [0, 0.1) is 11.7 Å². The Balaban J connectivity index is 2.19. The quantitative estimate of drug-likeness (QED) is 0.527. The Hall–Kier alpha value is -3.20. The molecule has 0 spiro atoms. The van der Waals surface area contributed by atoms with Gasteiger partial charge in [-0.05, 0) is 42.9 Å². The minimum Gasteiger partial charge on any atom is -0.298 e. The summed E-state index contributed by atoms with van der Waals surface area (Å²) in [5.41, 5.74) is 1.14. The number of alkyl halides is 2. The number of nitrogens with zero attached hydrogens (tertiary/aromatic N) is 4. The molecule has 142 valence electrons. The van der Waals surface area contributed by atoms with Gasteiger partial charge in [0.05, 0.1) is 16.8 Å². The molecule has 9 heteroatoms. The Labute approximate surface area is 163 Å². The SMILES string of the molecule is Cc1ccccc1-n1c(=S)[nH]c(=O)c2c(C(F)F)cc(-c3ccn(C)n3)nc21. The number of fused-ring (bicyclic) bond motifs is 1. The van der Waals surface area contributed by atoms with Crippen LogP contribution in [-0.2, 0) is 7.05 Å². The molecule has 0 saturated heterocycles. The fraction of sp³-hybridized carbons (Fsp3) is 0.158. The molecule has 0 aliphatic heterocycles. The maximum atomic E-state index is 13.9. The molecular formula is C19H15F2N5OS. The summed E-state index contributed by atoms with van der Waals surface area (Å²) >= 11 is 5.34. The van der Waals surface area contributed by atoms with Crippen molar-refractivity contribution >= 4 is 23.3 Å². The predicted octanol–water partition coefficient (Wildman–Crippen LogP) is 4.09. The highest BCUT2D eigenvalue weighted by Crippen LogP contribution is 2.30. The van der Waals surface area contributed by atoms with Crippen LogP contribution in [0.15, 0.2) is 47.4 Å². The van der Waals surface area contributed by atoms with Crippen LogP contribution in [0.3, 0.4) is 0 Å². The van der Waals surface area contributed by atoms with Crippen molar-refractivity contribution in [3.05, 3.63) is 68.8 Å². The number of rotatable bonds is 3. The van der Waals surface area contributed by atoms with E-state index in [-0.39, 0.29) is 21.5 Å². The van der Waals surface area contributed by atoms with Gasteiger partial charge in [-0.2, -0.15) is 5.10 Å². The van der Waals surface area contributed by atoms with Gasteiger partial charge < -0.3 is 0 Å². The van der Waals surface area contributed by atoms with Gasteiger partial charge in [0, 0.05) is 18.8 Å². The molecule has 0 aliphatic carbocycles. The Morgan fingerprint density at radius 2 is 1.93 bits per heavy atom. The molecule has 1 N–H and O–H groups in total. The van der Waals surface area contributed by atoms with Gasteiger partial charge in [-0.3, -0.25) is 19.0 Å². The molecule has 0 radical (unpaired) electrons. The number of benzene rings is 1. The molecule has 1 aromatic carbocycles. The number of nitrogens with one attached hydrogen (secondary N) is 1. The average Bonchev–Trinajstić information content (AvgIpc) is 3.08. The van der Waals surface area contributed by atoms with Crippen molar-refractivity contribution in [2.45, 2.75) is 13.3 Å². The normalized spacial score (nSPS) is 11.5. The summed E-state index contributed by atoms with van der Waals surface area (Å²) in [5.74, 6) is 0. The first kappa shape index (κ1) is 18.2. The third-order valence-electron chi connectivity index (χ3n) is 4.46. The summed E-state index contributed by atoms with van der Waals surface area (Å²) < 4.78 is 30.8. The lowest BCUT2D eigenvalue weighted by atomic mass is 10.1. The smallest absolute Gasteiger partial charge is 0.264 e. The van der Waals surface area contributed by atoms with Crippen molar-refractivity contribution in [2.75, 3.05) is 0 Å². The van der Waals surface area contributed by atoms with Crippen molar-refractivity contribution in [1.82, 2.24) is 24.3 Å². The van der Waals surface area contributed by atoms with E-state index < -0.39 is 17.5 Å². The predicted molar refractivity (Wildman–Crippen MR) is 104 cm³/mol. The van der Waals surface area contributed by atoms with Crippen molar-refractivity contribution in [1.29, 1.82) is 0 Å². The molecule has 0 atom stereocenters. The first-order valence-corrected chi connectivity index (χ1v) is 8.82. The number of halogens is 2. The van der Waals surface area contributed by atoms with Crippen LogP contribution in [0.25, 0.3) is 28.1 Å². The number of para-hydroxylation sites is 1. The lowest BCUT2D eigenvalue weighted by Gasteiger charge is -2.15. The molecule has 4 aromatic rings. The van der Waals surface area contributed by atoms with Crippen molar-refractivity contribution in [2.24, 2.45) is 7.05 Å². The minimum atomic E-state index is -2.87. The Bertz CT molecular complexity index is 1320. The second-order valence-electron chi connectivity index (χ2n) is 6.35. The zero-order valence-electron chi connectivity index (χ0n) is 15.0. The van der Waals surface area contributed by atoms with E-state index in [1.807, 2.05) is 19.1 Å². The maximum Gasteiger partial charge on any atom is 0.264 e. The molecule has 28 heavy (non-hydrogen) atoms. The highest BCUT2D eigenvalue weighted by atomic mass is 32.1. The van der Waals surface area contributed by atoms with Gasteiger partial charge in [0.25, 0.3) is 12.0 Å². The summed E-state index contributed by atoms with van der Waals surface area (Å²) in [7, 11) is 1.72. The topological polar surface area (TPSA) is 68.5 Å². The second kappa shape index (κ2) is 6.75. The summed E-state index contributed by atoms with van der Waals surface area (Å²) in [6.07, 6.45) is -1.18. The van der Waals surface area contributed by atoms with E-state index >= 15 is 0 Å². The fourth-order valence-electron chi connectivity index (χ4n) is 3.15. The number of hydrogen-bond donors (Lipinski definition) is 1. The summed E-state index contributed by atoms with van der Waals surface area (Å²) in [5, 5.41) is 4.05. The van der Waals surface area contributed by atoms with Crippen LogP contribution in [0.1, 0.15) is 17.6 Å². The van der Waals surface area contributed by atoms with Gasteiger partial charge in [0.15, 0.2) is 10.4 Å². The van der Waals surface area contributed by atoms with Gasteiger partial charge in [0.1, 0.15) is 5.69 Å². The molecule has 0 bridgehead atoms. The average molecular weight is 399 g/mol. The van der Waals surface area contributed by atoms with Crippen LogP contribution in [0.5, 0.6) is 0 Å². The van der Waals surface area contributed by atoms with Crippen LogP contribution in [0.4, 0.5) is 8.78 Å². The van der Waals surface area contributed by atoms with E-state index in [0.717, 1.165) is 5.56 Å². The highest BCUT2D eigenvalue weighted by Gasteiger charge is 2.21. The van der Waals surface area contributed by atoms with Crippen molar-refractivity contribution in [3.63, 3.8) is 0 Å². The summed E-state index contributed by atoms with van der Waals surface area (Å²) in [6, 6.07) is 10.2. The largest absolute Gasteiger partial charge is 0.298 e. The zero-order chi connectivity index (χ0) is 20.0. The first-order chi connectivity index (χ1) is 13.4. The van der Waals surface area contributed by atoms with E-state index in [4.69, 9.17) is 12.2 Å². The third kappa shape index (κ3) is 2.93. The summed E-state index contributed by atoms with van der Waals surface area (Å²) in [6.45, 7) is 1.87. The Morgan fingerprint density at radius 3 is 2.57 bits per heavy atom. The second-order valence-corrected chi connectivity index (χ2v) is 6.74. The van der Waals surface area contributed by atoms with E-state index in [9.17, 15) is 13.6 Å². The molecule has 0 unspecified atom stereocenters. The van der Waals surface area contributed by atoms with Gasteiger partial charge in [0.2, 0.25) is 0 Å². The maximum absolute atomic E-state index is 13.9. The van der Waals surface area contributed by atoms with E-state index in [1.54, 1.807) is 36.1 Å². The van der Waals surface area contributed by atoms with Crippen LogP contribution in [-0.4, -0.2) is 24.3 Å². The molecule has 0 fully saturated rings. The van der Waals surface area contributed by atoms with Crippen molar-refractivity contribution < 1.29 is 8.78 Å². The molecule has 0 amide bonds. The van der Waals surface area contributed by atoms with Gasteiger partial charge in [-0.15, -0.1) is 0 Å². The molecular weight excluding hydrogens is 384 g/mol. The van der Waals surface area contributed by atoms with Gasteiger partial charge in [-0.1, -0.05) is 18.2 Å². The van der Waals surface area contributed by atoms with E-state index in [2.05, 4.69) is 15.1 Å². The number of H-pyrrole nitrogens is 1. The fourth-order valence-corrected chi connectivity index (χ4v) is 3.43. The lowest BCUT2D eigenvalue weighted by Crippen LogP contribution is -2.17. The third-order valence-corrected chi connectivity index (χ3v) is 4.75. The first-order valence-electron chi connectivity index (χ1n) is 8.41. The number of pyridine rings is 1. The highest BCUT2D eigenvalue weighted by molar-refractivity contribution is 7.71. The number of aryl methyl sites for hydroxylation is 2. The Kier molecular flexibility index (Phi) is 4.38. The van der Waals surface area contributed by atoms with Crippen LogP contribution < -0.4 is 5.56 Å². The molecule has 4 rings (SSSR count). The van der Waals surface area contributed by atoms with E-state index in [0.29, 0.717) is 11.4 Å². The standard InChI is InChI=1S/C19H15F2N5OS/c1-10-5-3-4-6-14(10)26-17-15(18(27)23-19(26)28)11(16(20)21)9-13(22-17)12-7-8-25(2)24-12/h3-9,16H,1-2H3,(H,23,27,28). The lowest BCUT2D eigenvalue weighted by molar-refractivity contribution is 0.153. The van der Waals surface area contributed by atoms with E-state index in [1.165, 1.54) is 10.6 Å². The zero-order valence-corrected chi connectivity index (χ0v) is 15.8. The Morgan fingerprint density at radius 1 is 1.18 bits per heavy atom.